The van der Waals surface area contributed by atoms with Crippen LogP contribution in [0.3, 0.4) is 0 Å². The van der Waals surface area contributed by atoms with Gasteiger partial charge in [-0.25, -0.2) is 9.97 Å². The van der Waals surface area contributed by atoms with Crippen molar-refractivity contribution in [1.82, 2.24) is 19.9 Å². The quantitative estimate of drug-likeness (QED) is 0.680. The molecule has 1 saturated heterocycles. The van der Waals surface area contributed by atoms with E-state index >= 15 is 0 Å². The maximum absolute atomic E-state index is 5.08. The van der Waals surface area contributed by atoms with Crippen molar-refractivity contribution in [3.8, 4) is 11.4 Å². The Labute approximate surface area is 164 Å². The monoisotopic (exact) mass is 379 g/mol. The molecular weight excluding hydrogens is 354 g/mol. The molecular formula is C21H25N5S. The van der Waals surface area contributed by atoms with Crippen LogP contribution in [0.25, 0.3) is 21.6 Å². The second kappa shape index (κ2) is 6.84. The molecule has 0 saturated carbocycles. The normalized spacial score (nSPS) is 20.8. The van der Waals surface area contributed by atoms with Crippen molar-refractivity contribution in [3.63, 3.8) is 0 Å². The number of thiophene rings is 1. The van der Waals surface area contributed by atoms with Crippen molar-refractivity contribution in [2.45, 2.75) is 26.2 Å². The van der Waals surface area contributed by atoms with E-state index in [1.54, 1.807) is 6.20 Å². The summed E-state index contributed by atoms with van der Waals surface area (Å²) in [6.07, 6.45) is 7.28. The molecule has 1 atom stereocenters. The van der Waals surface area contributed by atoms with E-state index in [0.717, 1.165) is 60.6 Å². The fraction of sp³-hybridized carbons (Fsp3) is 0.476. The average molecular weight is 380 g/mol. The van der Waals surface area contributed by atoms with Crippen LogP contribution in [-0.4, -0.2) is 53.1 Å². The van der Waals surface area contributed by atoms with Gasteiger partial charge in [-0.05, 0) is 49.9 Å². The molecule has 4 heterocycles. The third-order valence-corrected chi connectivity index (χ3v) is 7.01. The van der Waals surface area contributed by atoms with Crippen molar-refractivity contribution in [2.75, 3.05) is 38.1 Å². The van der Waals surface area contributed by atoms with Crippen LogP contribution >= 0.6 is 11.3 Å². The van der Waals surface area contributed by atoms with E-state index in [1.165, 1.54) is 28.7 Å². The molecule has 0 aromatic carbocycles. The molecule has 1 fully saturated rings. The number of aromatic nitrogens is 3. The topological polar surface area (TPSA) is 45.2 Å². The predicted molar refractivity (Wildman–Crippen MR) is 112 cm³/mol. The van der Waals surface area contributed by atoms with E-state index in [9.17, 15) is 0 Å². The zero-order valence-corrected chi connectivity index (χ0v) is 16.8. The SMILES string of the molecule is C[C@H]1CCc2c(sc3nc(-c4cccnc4)nc(N4CCN(C)CC4)c23)C1. The zero-order chi connectivity index (χ0) is 18.4. The third kappa shape index (κ3) is 3.11. The predicted octanol–water partition coefficient (Wildman–Crippen LogP) is 3.63. The Bertz CT molecular complexity index is 960. The molecule has 1 aliphatic heterocycles. The van der Waals surface area contributed by atoms with Gasteiger partial charge in [0.2, 0.25) is 0 Å². The van der Waals surface area contributed by atoms with Gasteiger partial charge in [-0.3, -0.25) is 4.98 Å². The summed E-state index contributed by atoms with van der Waals surface area (Å²) >= 11 is 1.88. The summed E-state index contributed by atoms with van der Waals surface area (Å²) < 4.78 is 0. The summed E-state index contributed by atoms with van der Waals surface area (Å²) in [5.41, 5.74) is 2.51. The van der Waals surface area contributed by atoms with Crippen LogP contribution < -0.4 is 4.90 Å². The Morgan fingerprint density at radius 2 is 2.00 bits per heavy atom. The second-order valence-corrected chi connectivity index (χ2v) is 9.02. The summed E-state index contributed by atoms with van der Waals surface area (Å²) in [6, 6.07) is 4.01. The Morgan fingerprint density at radius 1 is 1.15 bits per heavy atom. The minimum atomic E-state index is 0.767. The Morgan fingerprint density at radius 3 is 2.78 bits per heavy atom. The molecule has 3 aromatic heterocycles. The number of hydrogen-bond donors (Lipinski definition) is 0. The fourth-order valence-electron chi connectivity index (χ4n) is 4.19. The smallest absolute Gasteiger partial charge is 0.164 e. The van der Waals surface area contributed by atoms with Crippen LogP contribution in [0.5, 0.6) is 0 Å². The number of aryl methyl sites for hydroxylation is 1. The van der Waals surface area contributed by atoms with Gasteiger partial charge in [0.1, 0.15) is 10.6 Å². The summed E-state index contributed by atoms with van der Waals surface area (Å²) in [5, 5.41) is 1.32. The molecule has 0 spiro atoms. The summed E-state index contributed by atoms with van der Waals surface area (Å²) in [6.45, 7) is 6.57. The lowest BCUT2D eigenvalue weighted by molar-refractivity contribution is 0.312. The Kier molecular flexibility index (Phi) is 4.32. The molecule has 0 unspecified atom stereocenters. The second-order valence-electron chi connectivity index (χ2n) is 7.93. The van der Waals surface area contributed by atoms with E-state index in [4.69, 9.17) is 9.97 Å². The molecule has 2 aliphatic rings. The highest BCUT2D eigenvalue weighted by atomic mass is 32.1. The van der Waals surface area contributed by atoms with Gasteiger partial charge in [-0.2, -0.15) is 0 Å². The van der Waals surface area contributed by atoms with Gasteiger partial charge in [-0.15, -0.1) is 11.3 Å². The van der Waals surface area contributed by atoms with Gasteiger partial charge in [0, 0.05) is 49.0 Å². The molecule has 27 heavy (non-hydrogen) atoms. The largest absolute Gasteiger partial charge is 0.353 e. The summed E-state index contributed by atoms with van der Waals surface area (Å²) in [7, 11) is 2.20. The zero-order valence-electron chi connectivity index (χ0n) is 16.0. The van der Waals surface area contributed by atoms with Crippen LogP contribution in [0, 0.1) is 5.92 Å². The first-order chi connectivity index (χ1) is 13.2. The van der Waals surface area contributed by atoms with Gasteiger partial charge in [0.25, 0.3) is 0 Å². The lowest BCUT2D eigenvalue weighted by Crippen LogP contribution is -2.45. The lowest BCUT2D eigenvalue weighted by atomic mass is 9.89. The van der Waals surface area contributed by atoms with Crippen molar-refractivity contribution in [3.05, 3.63) is 35.0 Å². The maximum atomic E-state index is 5.08. The molecule has 140 valence electrons. The number of fused-ring (bicyclic) bond motifs is 3. The van der Waals surface area contributed by atoms with E-state index in [0.29, 0.717) is 0 Å². The minimum Gasteiger partial charge on any atom is -0.353 e. The van der Waals surface area contributed by atoms with E-state index in [2.05, 4.69) is 34.8 Å². The highest BCUT2D eigenvalue weighted by Crippen LogP contribution is 2.42. The molecule has 6 heteroatoms. The standard InChI is InChI=1S/C21H25N5S/c1-14-5-6-16-17(12-14)27-21-18(16)20(26-10-8-25(2)9-11-26)23-19(24-21)15-4-3-7-22-13-15/h3-4,7,13-14H,5-6,8-12H2,1-2H3/t14-/m0/s1. The van der Waals surface area contributed by atoms with Crippen LogP contribution in [0.1, 0.15) is 23.8 Å². The highest BCUT2D eigenvalue weighted by molar-refractivity contribution is 7.19. The van der Waals surface area contributed by atoms with Crippen LogP contribution in [-0.2, 0) is 12.8 Å². The molecule has 0 amide bonds. The van der Waals surface area contributed by atoms with Gasteiger partial charge in [0.15, 0.2) is 5.82 Å². The lowest BCUT2D eigenvalue weighted by Gasteiger charge is -2.34. The average Bonchev–Trinajstić information content (AvgIpc) is 3.06. The first-order valence-corrected chi connectivity index (χ1v) is 10.7. The van der Waals surface area contributed by atoms with Crippen molar-refractivity contribution in [2.24, 2.45) is 5.92 Å². The minimum absolute atomic E-state index is 0.767. The fourth-order valence-corrected chi connectivity index (χ4v) is 5.57. The van der Waals surface area contributed by atoms with Crippen molar-refractivity contribution < 1.29 is 0 Å². The van der Waals surface area contributed by atoms with Crippen molar-refractivity contribution in [1.29, 1.82) is 0 Å². The highest BCUT2D eigenvalue weighted by Gasteiger charge is 2.27. The van der Waals surface area contributed by atoms with Gasteiger partial charge >= 0.3 is 0 Å². The van der Waals surface area contributed by atoms with Gasteiger partial charge in [-0.1, -0.05) is 6.92 Å². The first-order valence-electron chi connectivity index (χ1n) is 9.85. The maximum Gasteiger partial charge on any atom is 0.164 e. The van der Waals surface area contributed by atoms with Crippen LogP contribution in [0.4, 0.5) is 5.82 Å². The number of rotatable bonds is 2. The molecule has 0 bridgehead atoms. The molecule has 5 nitrogen and oxygen atoms in total. The third-order valence-electron chi connectivity index (χ3n) is 5.86. The van der Waals surface area contributed by atoms with Gasteiger partial charge < -0.3 is 9.80 Å². The summed E-state index contributed by atoms with van der Waals surface area (Å²) in [5.74, 6) is 2.71. The van der Waals surface area contributed by atoms with E-state index in [1.807, 2.05) is 23.6 Å². The first kappa shape index (κ1) is 17.1. The Balaban J connectivity index is 1.69. The van der Waals surface area contributed by atoms with E-state index in [-0.39, 0.29) is 0 Å². The number of likely N-dealkylation sites (N-methyl/N-ethyl adjacent to an activating group) is 1. The Hall–Kier alpha value is -2.05. The summed E-state index contributed by atoms with van der Waals surface area (Å²) in [4.78, 5) is 21.9. The van der Waals surface area contributed by atoms with Crippen LogP contribution in [0.2, 0.25) is 0 Å². The molecule has 0 radical (unpaired) electrons. The molecule has 5 rings (SSSR count). The van der Waals surface area contributed by atoms with E-state index < -0.39 is 0 Å². The van der Waals surface area contributed by atoms with Crippen molar-refractivity contribution >= 4 is 27.4 Å². The van der Waals surface area contributed by atoms with Crippen LogP contribution in [0.15, 0.2) is 24.5 Å². The van der Waals surface area contributed by atoms with Gasteiger partial charge in [0.05, 0.1) is 5.39 Å². The number of hydrogen-bond acceptors (Lipinski definition) is 6. The molecule has 1 aliphatic carbocycles. The molecule has 3 aromatic rings. The number of piperazine rings is 1. The molecule has 0 N–H and O–H groups in total. The number of nitrogens with zero attached hydrogens (tertiary/aromatic N) is 5. The number of pyridine rings is 1. The number of anilines is 1.